The van der Waals surface area contributed by atoms with Crippen molar-refractivity contribution in [1.82, 2.24) is 10.2 Å². The Labute approximate surface area is 163 Å². The van der Waals surface area contributed by atoms with Crippen LogP contribution < -0.4 is 16.4 Å². The SMILES string of the molecule is CN(C)C[C@H](CNC(=O)Nc1ccc(F)c(C(N)=O)c1)[C@H](O)c1ccccc1. The Balaban J connectivity index is 2.01. The molecule has 0 aliphatic rings. The van der Waals surface area contributed by atoms with Crippen LogP contribution in [0.1, 0.15) is 22.0 Å². The summed E-state index contributed by atoms with van der Waals surface area (Å²) in [7, 11) is 3.77. The molecule has 8 heteroatoms. The zero-order valence-corrected chi connectivity index (χ0v) is 15.9. The summed E-state index contributed by atoms with van der Waals surface area (Å²) in [6.45, 7) is 0.767. The standard InChI is InChI=1S/C20H25FN4O3/c1-25(2)12-14(18(26)13-6-4-3-5-7-13)11-23-20(28)24-15-8-9-17(21)16(10-15)19(22)27/h3-10,14,18,26H,11-12H2,1-2H3,(H2,22,27)(H2,23,24,28)/t14-,18+/m0/s1. The van der Waals surface area contributed by atoms with Gasteiger partial charge in [-0.3, -0.25) is 4.79 Å². The van der Waals surface area contributed by atoms with Crippen molar-refractivity contribution in [1.29, 1.82) is 0 Å². The first-order valence-corrected chi connectivity index (χ1v) is 8.80. The van der Waals surface area contributed by atoms with E-state index in [1.54, 1.807) is 0 Å². The lowest BCUT2D eigenvalue weighted by atomic mass is 9.95. The van der Waals surface area contributed by atoms with Crippen LogP contribution in [0, 0.1) is 11.7 Å². The Morgan fingerprint density at radius 2 is 1.86 bits per heavy atom. The predicted molar refractivity (Wildman–Crippen MR) is 105 cm³/mol. The highest BCUT2D eigenvalue weighted by Crippen LogP contribution is 2.22. The fourth-order valence-electron chi connectivity index (χ4n) is 2.86. The molecule has 0 aliphatic carbocycles. The van der Waals surface area contributed by atoms with Gasteiger partial charge in [-0.25, -0.2) is 9.18 Å². The molecule has 2 aromatic carbocycles. The maximum absolute atomic E-state index is 13.5. The van der Waals surface area contributed by atoms with E-state index >= 15 is 0 Å². The van der Waals surface area contributed by atoms with Crippen LogP contribution in [0.15, 0.2) is 48.5 Å². The predicted octanol–water partition coefficient (Wildman–Crippen LogP) is 1.96. The maximum atomic E-state index is 13.5. The number of benzene rings is 2. The molecular weight excluding hydrogens is 363 g/mol. The smallest absolute Gasteiger partial charge is 0.319 e. The molecule has 28 heavy (non-hydrogen) atoms. The highest BCUT2D eigenvalue weighted by Gasteiger charge is 2.22. The van der Waals surface area contributed by atoms with E-state index in [9.17, 15) is 19.1 Å². The number of aliphatic hydroxyl groups is 1. The van der Waals surface area contributed by atoms with E-state index < -0.39 is 23.9 Å². The molecule has 150 valence electrons. The third kappa shape index (κ3) is 6.04. The Hall–Kier alpha value is -2.97. The number of urea groups is 1. The minimum Gasteiger partial charge on any atom is -0.388 e. The second-order valence-electron chi connectivity index (χ2n) is 6.77. The number of amides is 3. The second kappa shape index (κ2) is 9.82. The number of hydrogen-bond donors (Lipinski definition) is 4. The Morgan fingerprint density at radius 3 is 2.46 bits per heavy atom. The molecule has 0 saturated heterocycles. The van der Waals surface area contributed by atoms with Crippen molar-refractivity contribution in [2.75, 3.05) is 32.5 Å². The summed E-state index contributed by atoms with van der Waals surface area (Å²) in [5, 5.41) is 15.9. The normalized spacial score (nSPS) is 13.0. The minimum atomic E-state index is -0.918. The Bertz CT molecular complexity index is 814. The maximum Gasteiger partial charge on any atom is 0.319 e. The van der Waals surface area contributed by atoms with Gasteiger partial charge in [0.25, 0.3) is 5.91 Å². The number of rotatable bonds is 8. The second-order valence-corrected chi connectivity index (χ2v) is 6.77. The van der Waals surface area contributed by atoms with Crippen LogP contribution in [0.25, 0.3) is 0 Å². The van der Waals surface area contributed by atoms with Gasteiger partial charge >= 0.3 is 6.03 Å². The number of carbonyl (C=O) groups is 2. The summed E-state index contributed by atoms with van der Waals surface area (Å²) in [5.74, 6) is -1.92. The zero-order valence-electron chi connectivity index (χ0n) is 15.9. The van der Waals surface area contributed by atoms with Gasteiger partial charge in [0, 0.05) is 24.7 Å². The van der Waals surface area contributed by atoms with Crippen LogP contribution in [-0.4, -0.2) is 49.1 Å². The van der Waals surface area contributed by atoms with Crippen LogP contribution >= 0.6 is 0 Å². The zero-order chi connectivity index (χ0) is 20.7. The summed E-state index contributed by atoms with van der Waals surface area (Å²) in [4.78, 5) is 25.3. The van der Waals surface area contributed by atoms with E-state index in [4.69, 9.17) is 5.73 Å². The summed E-state index contributed by atoms with van der Waals surface area (Å²) >= 11 is 0. The van der Waals surface area contributed by atoms with Gasteiger partial charge in [-0.1, -0.05) is 30.3 Å². The summed E-state index contributed by atoms with van der Waals surface area (Å²) < 4.78 is 13.5. The third-order valence-corrected chi connectivity index (χ3v) is 4.20. The van der Waals surface area contributed by atoms with Gasteiger partial charge in [-0.2, -0.15) is 0 Å². The molecule has 0 bridgehead atoms. The number of aliphatic hydroxyl groups excluding tert-OH is 1. The van der Waals surface area contributed by atoms with Gasteiger partial charge in [-0.15, -0.1) is 0 Å². The lowest BCUT2D eigenvalue weighted by molar-refractivity contribution is 0.0911. The number of halogens is 1. The molecule has 2 aromatic rings. The molecule has 0 fully saturated rings. The first-order valence-electron chi connectivity index (χ1n) is 8.80. The average molecular weight is 388 g/mol. The van der Waals surface area contributed by atoms with Gasteiger partial charge in [0.1, 0.15) is 5.82 Å². The highest BCUT2D eigenvalue weighted by molar-refractivity contribution is 5.96. The van der Waals surface area contributed by atoms with Gasteiger partial charge < -0.3 is 26.4 Å². The van der Waals surface area contributed by atoms with Crippen LogP contribution in [-0.2, 0) is 0 Å². The van der Waals surface area contributed by atoms with Crippen LogP contribution in [0.5, 0.6) is 0 Å². The molecule has 0 heterocycles. The lowest BCUT2D eigenvalue weighted by Crippen LogP contribution is -2.39. The summed E-state index contributed by atoms with van der Waals surface area (Å²) in [6, 6.07) is 12.2. The third-order valence-electron chi connectivity index (χ3n) is 4.20. The number of nitrogens with zero attached hydrogens (tertiary/aromatic N) is 1. The molecule has 0 radical (unpaired) electrons. The van der Waals surface area contributed by atoms with E-state index in [1.807, 2.05) is 49.3 Å². The van der Waals surface area contributed by atoms with Gasteiger partial charge in [-0.05, 0) is 37.9 Å². The Kier molecular flexibility index (Phi) is 7.48. The van der Waals surface area contributed by atoms with Crippen molar-refractivity contribution in [3.05, 3.63) is 65.5 Å². The van der Waals surface area contributed by atoms with Crippen molar-refractivity contribution in [2.24, 2.45) is 11.7 Å². The van der Waals surface area contributed by atoms with Crippen molar-refractivity contribution in [3.63, 3.8) is 0 Å². The van der Waals surface area contributed by atoms with E-state index in [0.29, 0.717) is 6.54 Å². The number of nitrogens with two attached hydrogens (primary N) is 1. The van der Waals surface area contributed by atoms with Crippen molar-refractivity contribution < 1.29 is 19.1 Å². The van der Waals surface area contributed by atoms with Crippen molar-refractivity contribution in [2.45, 2.75) is 6.10 Å². The lowest BCUT2D eigenvalue weighted by Gasteiger charge is -2.26. The molecule has 5 N–H and O–H groups in total. The number of primary amides is 1. The molecule has 0 unspecified atom stereocenters. The number of anilines is 1. The van der Waals surface area contributed by atoms with Gasteiger partial charge in [0.15, 0.2) is 0 Å². The van der Waals surface area contributed by atoms with E-state index in [0.717, 1.165) is 11.6 Å². The largest absolute Gasteiger partial charge is 0.388 e. The Morgan fingerprint density at radius 1 is 1.18 bits per heavy atom. The van der Waals surface area contributed by atoms with Crippen molar-refractivity contribution >= 4 is 17.6 Å². The summed E-state index contributed by atoms with van der Waals surface area (Å²) in [6.07, 6.45) is -0.754. The van der Waals surface area contributed by atoms with Crippen LogP contribution in [0.3, 0.4) is 0 Å². The van der Waals surface area contributed by atoms with Crippen molar-refractivity contribution in [3.8, 4) is 0 Å². The first-order chi connectivity index (χ1) is 13.3. The molecule has 2 rings (SSSR count). The van der Waals surface area contributed by atoms with Gasteiger partial charge in [0.05, 0.1) is 11.7 Å². The van der Waals surface area contributed by atoms with Gasteiger partial charge in [0.2, 0.25) is 0 Å². The molecular formula is C20H25FN4O3. The van der Waals surface area contributed by atoms with E-state index in [1.165, 1.54) is 12.1 Å². The molecule has 0 saturated carbocycles. The molecule has 0 aromatic heterocycles. The topological polar surface area (TPSA) is 108 Å². The van der Waals surface area contributed by atoms with Crippen LogP contribution in [0.2, 0.25) is 0 Å². The quantitative estimate of drug-likeness (QED) is 0.554. The molecule has 2 atom stereocenters. The fourth-order valence-corrected chi connectivity index (χ4v) is 2.86. The molecule has 0 spiro atoms. The molecule has 7 nitrogen and oxygen atoms in total. The highest BCUT2D eigenvalue weighted by atomic mass is 19.1. The monoisotopic (exact) mass is 388 g/mol. The minimum absolute atomic E-state index is 0.212. The summed E-state index contributed by atoms with van der Waals surface area (Å²) in [5.41, 5.74) is 5.81. The number of nitrogens with one attached hydrogen (secondary N) is 2. The van der Waals surface area contributed by atoms with E-state index in [-0.39, 0.29) is 23.7 Å². The number of carbonyl (C=O) groups excluding carboxylic acids is 2. The first kappa shape index (κ1) is 21.3. The average Bonchev–Trinajstić information content (AvgIpc) is 2.66. The fraction of sp³-hybridized carbons (Fsp3) is 0.300. The number of hydrogen-bond acceptors (Lipinski definition) is 4. The van der Waals surface area contributed by atoms with Crippen LogP contribution in [0.4, 0.5) is 14.9 Å². The van der Waals surface area contributed by atoms with E-state index in [2.05, 4.69) is 10.6 Å². The molecule has 3 amide bonds. The molecule has 0 aliphatic heterocycles.